The highest BCUT2D eigenvalue weighted by Crippen LogP contribution is 2.27. The second kappa shape index (κ2) is 11.1. The molecule has 0 saturated heterocycles. The molecule has 2 aromatic carbocycles. The van der Waals surface area contributed by atoms with Crippen molar-refractivity contribution in [1.82, 2.24) is 10.6 Å². The van der Waals surface area contributed by atoms with Crippen LogP contribution in [0.5, 0.6) is 17.2 Å². The van der Waals surface area contributed by atoms with Gasteiger partial charge in [0, 0.05) is 18.7 Å². The molecule has 28 heavy (non-hydrogen) atoms. The monoisotopic (exact) mass is 385 g/mol. The summed E-state index contributed by atoms with van der Waals surface area (Å²) < 4.78 is 16.1. The lowest BCUT2D eigenvalue weighted by atomic mass is 10.1. The summed E-state index contributed by atoms with van der Waals surface area (Å²) in [5.74, 6) is 3.13. The average Bonchev–Trinajstić information content (AvgIpc) is 2.72. The van der Waals surface area contributed by atoms with Gasteiger partial charge in [0.25, 0.3) is 0 Å². The van der Waals surface area contributed by atoms with Crippen molar-refractivity contribution in [2.24, 2.45) is 4.99 Å². The van der Waals surface area contributed by atoms with Crippen molar-refractivity contribution in [2.75, 3.05) is 34.4 Å². The number of aliphatic imine (C=N–C) groups is 1. The van der Waals surface area contributed by atoms with Crippen LogP contribution in [0.4, 0.5) is 0 Å². The van der Waals surface area contributed by atoms with E-state index in [-0.39, 0.29) is 0 Å². The van der Waals surface area contributed by atoms with E-state index in [2.05, 4.69) is 41.6 Å². The van der Waals surface area contributed by atoms with E-state index in [1.165, 1.54) is 11.1 Å². The lowest BCUT2D eigenvalue weighted by molar-refractivity contribution is 0.354. The zero-order valence-electron chi connectivity index (χ0n) is 17.5. The summed E-state index contributed by atoms with van der Waals surface area (Å²) in [6, 6.07) is 12.1. The van der Waals surface area contributed by atoms with Crippen molar-refractivity contribution in [2.45, 2.75) is 26.8 Å². The normalized spacial score (nSPS) is 11.1. The number of guanidine groups is 1. The first-order chi connectivity index (χ1) is 13.6. The van der Waals surface area contributed by atoms with Crippen molar-refractivity contribution < 1.29 is 14.2 Å². The van der Waals surface area contributed by atoms with Gasteiger partial charge in [-0.2, -0.15) is 0 Å². The summed E-state index contributed by atoms with van der Waals surface area (Å²) in [5, 5.41) is 6.66. The molecule has 0 radical (unpaired) electrons. The Kier molecular flexibility index (Phi) is 8.46. The van der Waals surface area contributed by atoms with Crippen LogP contribution < -0.4 is 24.8 Å². The van der Waals surface area contributed by atoms with Crippen LogP contribution >= 0.6 is 0 Å². The number of ether oxygens (including phenoxy) is 3. The SMILES string of the molecule is CCNC(=NCc1ccc(C)cc1OC)NCCc1ccc(OC)c(OC)c1. The van der Waals surface area contributed by atoms with Crippen molar-refractivity contribution in [3.05, 3.63) is 53.1 Å². The standard InChI is InChI=1S/C22H31N3O3/c1-6-23-22(25-15-18-9-7-16(2)13-20(18)27-4)24-12-11-17-8-10-19(26-3)21(14-17)28-5/h7-10,13-14H,6,11-12,15H2,1-5H3,(H2,23,24,25). The third-order valence-corrected chi connectivity index (χ3v) is 4.35. The maximum Gasteiger partial charge on any atom is 0.191 e. The maximum atomic E-state index is 5.47. The molecule has 6 heteroatoms. The van der Waals surface area contributed by atoms with Gasteiger partial charge in [0.2, 0.25) is 0 Å². The third kappa shape index (κ3) is 6.08. The zero-order valence-corrected chi connectivity index (χ0v) is 17.5. The molecular weight excluding hydrogens is 354 g/mol. The molecule has 6 nitrogen and oxygen atoms in total. The molecule has 0 spiro atoms. The smallest absolute Gasteiger partial charge is 0.191 e. The molecule has 0 saturated carbocycles. The highest BCUT2D eigenvalue weighted by molar-refractivity contribution is 5.79. The summed E-state index contributed by atoms with van der Waals surface area (Å²) >= 11 is 0. The minimum absolute atomic E-state index is 0.551. The van der Waals surface area contributed by atoms with Crippen molar-refractivity contribution in [3.63, 3.8) is 0 Å². The number of aryl methyl sites for hydroxylation is 1. The molecule has 0 aromatic heterocycles. The average molecular weight is 386 g/mol. The van der Waals surface area contributed by atoms with Crippen LogP contribution in [0.1, 0.15) is 23.6 Å². The minimum Gasteiger partial charge on any atom is -0.496 e. The van der Waals surface area contributed by atoms with E-state index in [4.69, 9.17) is 14.2 Å². The molecule has 2 aromatic rings. The fraction of sp³-hybridized carbons (Fsp3) is 0.409. The molecule has 0 aliphatic carbocycles. The second-order valence-corrected chi connectivity index (χ2v) is 6.38. The Morgan fingerprint density at radius 3 is 2.32 bits per heavy atom. The molecule has 2 N–H and O–H groups in total. The van der Waals surface area contributed by atoms with E-state index in [0.717, 1.165) is 48.3 Å². The van der Waals surface area contributed by atoms with Gasteiger partial charge in [0.15, 0.2) is 17.5 Å². The molecule has 0 aliphatic rings. The second-order valence-electron chi connectivity index (χ2n) is 6.38. The van der Waals surface area contributed by atoms with Gasteiger partial charge in [-0.05, 0) is 49.6 Å². The van der Waals surface area contributed by atoms with Crippen LogP contribution in [-0.4, -0.2) is 40.4 Å². The first-order valence-corrected chi connectivity index (χ1v) is 9.47. The molecule has 0 amide bonds. The van der Waals surface area contributed by atoms with Gasteiger partial charge in [-0.3, -0.25) is 0 Å². The Labute approximate surface area is 167 Å². The molecule has 0 heterocycles. The number of nitrogens with one attached hydrogen (secondary N) is 2. The predicted molar refractivity (Wildman–Crippen MR) is 114 cm³/mol. The van der Waals surface area contributed by atoms with Crippen molar-refractivity contribution in [1.29, 1.82) is 0 Å². The van der Waals surface area contributed by atoms with Crippen LogP contribution in [0.25, 0.3) is 0 Å². The summed E-state index contributed by atoms with van der Waals surface area (Å²) in [4.78, 5) is 4.68. The van der Waals surface area contributed by atoms with Gasteiger partial charge in [-0.15, -0.1) is 0 Å². The predicted octanol–water partition coefficient (Wildman–Crippen LogP) is 3.32. The topological polar surface area (TPSA) is 64.1 Å². The molecular formula is C22H31N3O3. The van der Waals surface area contributed by atoms with Gasteiger partial charge in [-0.1, -0.05) is 18.2 Å². The Balaban J connectivity index is 1.98. The van der Waals surface area contributed by atoms with E-state index < -0.39 is 0 Å². The Morgan fingerprint density at radius 1 is 0.893 bits per heavy atom. The molecule has 152 valence electrons. The van der Waals surface area contributed by atoms with E-state index in [1.54, 1.807) is 21.3 Å². The highest BCUT2D eigenvalue weighted by atomic mass is 16.5. The lowest BCUT2D eigenvalue weighted by Crippen LogP contribution is -2.38. The largest absolute Gasteiger partial charge is 0.496 e. The Bertz CT molecular complexity index is 791. The Morgan fingerprint density at radius 2 is 1.64 bits per heavy atom. The lowest BCUT2D eigenvalue weighted by Gasteiger charge is -2.13. The number of methoxy groups -OCH3 is 3. The van der Waals surface area contributed by atoms with Crippen LogP contribution in [0.3, 0.4) is 0 Å². The summed E-state index contributed by atoms with van der Waals surface area (Å²) in [7, 11) is 4.98. The number of hydrogen-bond donors (Lipinski definition) is 2. The van der Waals surface area contributed by atoms with E-state index in [9.17, 15) is 0 Å². The van der Waals surface area contributed by atoms with Gasteiger partial charge in [0.1, 0.15) is 5.75 Å². The number of rotatable bonds is 9. The summed E-state index contributed by atoms with van der Waals surface area (Å²) in [5.41, 5.74) is 3.40. The van der Waals surface area contributed by atoms with E-state index >= 15 is 0 Å². The molecule has 0 unspecified atom stereocenters. The fourth-order valence-electron chi connectivity index (χ4n) is 2.85. The highest BCUT2D eigenvalue weighted by Gasteiger charge is 2.06. The van der Waals surface area contributed by atoms with Gasteiger partial charge in [-0.25, -0.2) is 4.99 Å². The minimum atomic E-state index is 0.551. The van der Waals surface area contributed by atoms with Gasteiger partial charge in [0.05, 0.1) is 27.9 Å². The van der Waals surface area contributed by atoms with Crippen LogP contribution in [0, 0.1) is 6.92 Å². The fourth-order valence-corrected chi connectivity index (χ4v) is 2.85. The number of nitrogens with zero attached hydrogens (tertiary/aromatic N) is 1. The molecule has 0 aliphatic heterocycles. The first-order valence-electron chi connectivity index (χ1n) is 9.47. The number of hydrogen-bond acceptors (Lipinski definition) is 4. The van der Waals surface area contributed by atoms with E-state index in [1.807, 2.05) is 24.3 Å². The molecule has 2 rings (SSSR count). The van der Waals surface area contributed by atoms with E-state index in [0.29, 0.717) is 6.54 Å². The Hall–Kier alpha value is -2.89. The van der Waals surface area contributed by atoms with Crippen LogP contribution in [-0.2, 0) is 13.0 Å². The number of benzene rings is 2. The quantitative estimate of drug-likeness (QED) is 0.512. The van der Waals surface area contributed by atoms with Gasteiger partial charge >= 0.3 is 0 Å². The van der Waals surface area contributed by atoms with Crippen LogP contribution in [0.15, 0.2) is 41.4 Å². The molecule has 0 atom stereocenters. The molecule has 0 bridgehead atoms. The van der Waals surface area contributed by atoms with Gasteiger partial charge < -0.3 is 24.8 Å². The molecule has 0 fully saturated rings. The first kappa shape index (κ1) is 21.4. The van der Waals surface area contributed by atoms with Crippen molar-refractivity contribution >= 4 is 5.96 Å². The van der Waals surface area contributed by atoms with Crippen LogP contribution in [0.2, 0.25) is 0 Å². The summed E-state index contributed by atoms with van der Waals surface area (Å²) in [6.45, 7) is 6.21. The summed E-state index contributed by atoms with van der Waals surface area (Å²) in [6.07, 6.45) is 0.846. The zero-order chi connectivity index (χ0) is 20.4. The third-order valence-electron chi connectivity index (χ3n) is 4.35. The maximum absolute atomic E-state index is 5.47. The van der Waals surface area contributed by atoms with Crippen molar-refractivity contribution in [3.8, 4) is 17.2 Å².